The molecule has 0 spiro atoms. The molecule has 20 heavy (non-hydrogen) atoms. The number of hydrogen-bond acceptors (Lipinski definition) is 4. The van der Waals surface area contributed by atoms with Gasteiger partial charge >= 0.3 is 0 Å². The number of nitrogens with two attached hydrogens (primary N) is 1. The number of sulfonamides is 1. The molecule has 0 unspecified atom stereocenters. The fraction of sp³-hybridized carbons (Fsp3) is 0.182. The molecule has 1 aromatic heterocycles. The molecule has 2 rings (SSSR count). The van der Waals surface area contributed by atoms with E-state index in [0.717, 1.165) is 0 Å². The number of aryl methyl sites for hydroxylation is 1. The van der Waals surface area contributed by atoms with E-state index in [9.17, 15) is 8.42 Å². The van der Waals surface area contributed by atoms with Gasteiger partial charge in [0.25, 0.3) is 10.0 Å². The van der Waals surface area contributed by atoms with E-state index in [1.165, 1.54) is 10.9 Å². The lowest BCUT2D eigenvalue weighted by molar-refractivity contribution is 0.600. The normalized spacial score (nSPS) is 11.6. The predicted molar refractivity (Wildman–Crippen MR) is 85.0 cm³/mol. The van der Waals surface area contributed by atoms with Gasteiger partial charge < -0.3 is 5.73 Å². The minimum Gasteiger partial charge on any atom is -0.381 e. The van der Waals surface area contributed by atoms with Crippen molar-refractivity contribution < 1.29 is 8.42 Å². The summed E-state index contributed by atoms with van der Waals surface area (Å²) in [5.74, 6) is -0.0254. The Morgan fingerprint density at radius 2 is 1.95 bits per heavy atom. The zero-order valence-corrected chi connectivity index (χ0v) is 14.5. The van der Waals surface area contributed by atoms with Gasteiger partial charge in [0, 0.05) is 21.7 Å². The number of rotatable bonds is 4. The maximum absolute atomic E-state index is 12.4. The third-order valence-corrected chi connectivity index (χ3v) is 5.26. The molecule has 0 saturated heterocycles. The van der Waals surface area contributed by atoms with E-state index in [-0.39, 0.29) is 10.7 Å². The molecule has 3 N–H and O–H groups in total. The fourth-order valence-corrected chi connectivity index (χ4v) is 4.21. The third-order valence-electron chi connectivity index (χ3n) is 2.57. The molecule has 0 amide bonds. The SMILES string of the molecule is CCn1cc(S(=O)(=O)Nc2c(Br)cccc2Br)c(N)n1. The zero-order chi connectivity index (χ0) is 14.9. The number of hydrogen-bond donors (Lipinski definition) is 2. The summed E-state index contributed by atoms with van der Waals surface area (Å²) < 4.78 is 30.0. The minimum absolute atomic E-state index is 0.0254. The van der Waals surface area contributed by atoms with Crippen LogP contribution in [0.25, 0.3) is 0 Å². The van der Waals surface area contributed by atoms with Gasteiger partial charge in [0.05, 0.1) is 5.69 Å². The minimum atomic E-state index is -3.80. The van der Waals surface area contributed by atoms with Crippen LogP contribution < -0.4 is 10.5 Å². The second kappa shape index (κ2) is 5.74. The summed E-state index contributed by atoms with van der Waals surface area (Å²) in [7, 11) is -3.80. The Balaban J connectivity index is 2.43. The summed E-state index contributed by atoms with van der Waals surface area (Å²) in [4.78, 5) is -0.0398. The molecule has 108 valence electrons. The fourth-order valence-electron chi connectivity index (χ4n) is 1.57. The smallest absolute Gasteiger partial charge is 0.267 e. The first-order valence-corrected chi connectivity index (χ1v) is 8.72. The monoisotopic (exact) mass is 422 g/mol. The maximum Gasteiger partial charge on any atom is 0.267 e. The Morgan fingerprint density at radius 1 is 1.35 bits per heavy atom. The second-order valence-electron chi connectivity index (χ2n) is 3.94. The molecule has 0 aliphatic rings. The van der Waals surface area contributed by atoms with E-state index >= 15 is 0 Å². The van der Waals surface area contributed by atoms with Crippen molar-refractivity contribution in [3.05, 3.63) is 33.3 Å². The molecule has 2 aromatic rings. The van der Waals surface area contributed by atoms with Gasteiger partial charge in [-0.15, -0.1) is 0 Å². The molecule has 0 saturated carbocycles. The van der Waals surface area contributed by atoms with Crippen molar-refractivity contribution >= 4 is 53.4 Å². The Morgan fingerprint density at radius 3 is 2.45 bits per heavy atom. The van der Waals surface area contributed by atoms with E-state index in [1.807, 2.05) is 6.92 Å². The van der Waals surface area contributed by atoms with Crippen molar-refractivity contribution in [1.82, 2.24) is 9.78 Å². The van der Waals surface area contributed by atoms with Crippen LogP contribution in [-0.4, -0.2) is 18.2 Å². The van der Waals surface area contributed by atoms with Crippen LogP contribution in [0.3, 0.4) is 0 Å². The molecular weight excluding hydrogens is 412 g/mol. The Kier molecular flexibility index (Phi) is 4.40. The van der Waals surface area contributed by atoms with Gasteiger partial charge in [0.15, 0.2) is 5.82 Å². The summed E-state index contributed by atoms with van der Waals surface area (Å²) >= 11 is 6.60. The lowest BCUT2D eigenvalue weighted by atomic mass is 10.3. The number of halogens is 2. The first kappa shape index (κ1) is 15.3. The highest BCUT2D eigenvalue weighted by Gasteiger charge is 2.22. The maximum atomic E-state index is 12.4. The second-order valence-corrected chi connectivity index (χ2v) is 7.30. The van der Waals surface area contributed by atoms with Crippen molar-refractivity contribution in [2.75, 3.05) is 10.5 Å². The van der Waals surface area contributed by atoms with Gasteiger partial charge in [-0.25, -0.2) is 8.42 Å². The molecular formula is C11H12Br2N4O2S. The molecule has 1 aromatic carbocycles. The van der Waals surface area contributed by atoms with Crippen molar-refractivity contribution in [2.45, 2.75) is 18.4 Å². The summed E-state index contributed by atoms with van der Waals surface area (Å²) in [5.41, 5.74) is 6.07. The predicted octanol–water partition coefficient (Wildman–Crippen LogP) is 2.81. The van der Waals surface area contributed by atoms with Crippen molar-refractivity contribution in [3.8, 4) is 0 Å². The summed E-state index contributed by atoms with van der Waals surface area (Å²) in [6.07, 6.45) is 1.41. The Bertz CT molecular complexity index is 723. The van der Waals surface area contributed by atoms with Crippen LogP contribution in [0.15, 0.2) is 38.2 Å². The van der Waals surface area contributed by atoms with Crippen LogP contribution in [0.1, 0.15) is 6.92 Å². The zero-order valence-electron chi connectivity index (χ0n) is 10.5. The highest BCUT2D eigenvalue weighted by molar-refractivity contribution is 9.11. The molecule has 0 aliphatic heterocycles. The molecule has 0 bridgehead atoms. The van der Waals surface area contributed by atoms with Gasteiger partial charge in [-0.1, -0.05) is 6.07 Å². The molecule has 1 heterocycles. The van der Waals surface area contributed by atoms with Crippen LogP contribution in [0.2, 0.25) is 0 Å². The standard InChI is InChI=1S/C11H12Br2N4O2S/c1-2-17-6-9(11(14)15-17)20(18,19)16-10-7(12)4-3-5-8(10)13/h3-6,16H,2H2,1H3,(H2,14,15). The molecule has 6 nitrogen and oxygen atoms in total. The highest BCUT2D eigenvalue weighted by Crippen LogP contribution is 2.33. The average Bonchev–Trinajstić information content (AvgIpc) is 2.76. The van der Waals surface area contributed by atoms with Crippen molar-refractivity contribution in [3.63, 3.8) is 0 Å². The van der Waals surface area contributed by atoms with Gasteiger partial charge in [0.2, 0.25) is 0 Å². The molecule has 0 atom stereocenters. The largest absolute Gasteiger partial charge is 0.381 e. The van der Waals surface area contributed by atoms with Crippen molar-refractivity contribution in [2.24, 2.45) is 0 Å². The van der Waals surface area contributed by atoms with E-state index in [2.05, 4.69) is 41.7 Å². The number of anilines is 2. The molecule has 0 aliphatic carbocycles. The van der Waals surface area contributed by atoms with Crippen LogP contribution in [0.4, 0.5) is 11.5 Å². The number of nitrogens with one attached hydrogen (secondary N) is 1. The van der Waals surface area contributed by atoms with Crippen LogP contribution in [-0.2, 0) is 16.6 Å². The van der Waals surface area contributed by atoms with E-state index < -0.39 is 10.0 Å². The number of aromatic nitrogens is 2. The van der Waals surface area contributed by atoms with Crippen LogP contribution in [0, 0.1) is 0 Å². The first-order chi connectivity index (χ1) is 9.35. The summed E-state index contributed by atoms with van der Waals surface area (Å²) in [6.45, 7) is 2.39. The lowest BCUT2D eigenvalue weighted by Crippen LogP contribution is -2.14. The number of nitrogen functional groups attached to an aromatic ring is 1. The van der Waals surface area contributed by atoms with Crippen molar-refractivity contribution in [1.29, 1.82) is 0 Å². The van der Waals surface area contributed by atoms with Gasteiger partial charge in [-0.05, 0) is 50.9 Å². The number of nitrogens with zero attached hydrogens (tertiary/aromatic N) is 2. The molecule has 9 heteroatoms. The quantitative estimate of drug-likeness (QED) is 0.790. The topological polar surface area (TPSA) is 90.0 Å². The third kappa shape index (κ3) is 2.99. The Labute approximate surface area is 133 Å². The number of benzene rings is 1. The van der Waals surface area contributed by atoms with Crippen LogP contribution in [0.5, 0.6) is 0 Å². The first-order valence-electron chi connectivity index (χ1n) is 5.65. The summed E-state index contributed by atoms with van der Waals surface area (Å²) in [5, 5.41) is 3.93. The highest BCUT2D eigenvalue weighted by atomic mass is 79.9. The van der Waals surface area contributed by atoms with Gasteiger partial charge in [-0.2, -0.15) is 5.10 Å². The molecule has 0 radical (unpaired) electrons. The number of para-hydroxylation sites is 1. The van der Waals surface area contributed by atoms with E-state index in [4.69, 9.17) is 5.73 Å². The van der Waals surface area contributed by atoms with Crippen LogP contribution >= 0.6 is 31.9 Å². The lowest BCUT2D eigenvalue weighted by Gasteiger charge is -2.10. The Hall–Kier alpha value is -1.06. The van der Waals surface area contributed by atoms with E-state index in [1.54, 1.807) is 18.2 Å². The molecule has 0 fully saturated rings. The van der Waals surface area contributed by atoms with Gasteiger partial charge in [0.1, 0.15) is 4.90 Å². The average molecular weight is 424 g/mol. The summed E-state index contributed by atoms with van der Waals surface area (Å²) in [6, 6.07) is 5.26. The van der Waals surface area contributed by atoms with E-state index in [0.29, 0.717) is 21.2 Å². The van der Waals surface area contributed by atoms with Gasteiger partial charge in [-0.3, -0.25) is 9.40 Å².